The van der Waals surface area contributed by atoms with Crippen molar-refractivity contribution >= 4 is 23.3 Å². The fraction of sp³-hybridized carbons (Fsp3) is 0.400. The first-order chi connectivity index (χ1) is 10.0. The topological polar surface area (TPSA) is 73.2 Å². The van der Waals surface area contributed by atoms with E-state index >= 15 is 0 Å². The minimum atomic E-state index is -0.983. The molecule has 112 valence electrons. The second kappa shape index (κ2) is 6.39. The normalized spacial score (nSPS) is 17.5. The van der Waals surface area contributed by atoms with E-state index < -0.39 is 12.0 Å². The summed E-state index contributed by atoms with van der Waals surface area (Å²) in [6, 6.07) is 8.20. The van der Waals surface area contributed by atoms with Crippen LogP contribution in [-0.4, -0.2) is 47.2 Å². The van der Waals surface area contributed by atoms with E-state index in [-0.39, 0.29) is 12.3 Å². The molecule has 0 radical (unpaired) electrons. The van der Waals surface area contributed by atoms with Gasteiger partial charge < -0.3 is 10.0 Å². The quantitative estimate of drug-likeness (QED) is 0.893. The fourth-order valence-corrected chi connectivity index (χ4v) is 2.31. The summed E-state index contributed by atoms with van der Waals surface area (Å²) in [6.45, 7) is 2.61. The monoisotopic (exact) mass is 289 g/mol. The van der Waals surface area contributed by atoms with Crippen molar-refractivity contribution in [1.29, 1.82) is 0 Å². The lowest BCUT2D eigenvalue weighted by Gasteiger charge is -2.19. The van der Waals surface area contributed by atoms with Crippen LogP contribution in [0, 0.1) is 0 Å². The molecule has 2 rings (SSSR count). The van der Waals surface area contributed by atoms with Gasteiger partial charge >= 0.3 is 5.97 Å². The molecular weight excluding hydrogens is 270 g/mol. The predicted octanol–water partition coefficient (Wildman–Crippen LogP) is 1.57. The van der Waals surface area contributed by atoms with Gasteiger partial charge in [-0.15, -0.1) is 0 Å². The predicted molar refractivity (Wildman–Crippen MR) is 80.3 cm³/mol. The Morgan fingerprint density at radius 2 is 2.05 bits per heavy atom. The number of para-hydroxylation sites is 1. The molecule has 0 aromatic heterocycles. The van der Waals surface area contributed by atoms with Crippen LogP contribution < -0.4 is 5.01 Å². The number of carboxylic acid groups (broad SMARTS) is 1. The number of rotatable bonds is 5. The van der Waals surface area contributed by atoms with Gasteiger partial charge in [0.05, 0.1) is 5.69 Å². The molecule has 0 saturated carbocycles. The van der Waals surface area contributed by atoms with Crippen LogP contribution in [0.15, 0.2) is 35.4 Å². The lowest BCUT2D eigenvalue weighted by atomic mass is 10.1. The zero-order valence-corrected chi connectivity index (χ0v) is 12.2. The average molecular weight is 289 g/mol. The summed E-state index contributed by atoms with van der Waals surface area (Å²) >= 11 is 0. The van der Waals surface area contributed by atoms with E-state index in [1.165, 1.54) is 5.01 Å². The number of aliphatic carboxylic acids is 1. The first-order valence-electron chi connectivity index (χ1n) is 6.94. The van der Waals surface area contributed by atoms with Crippen LogP contribution in [0.25, 0.3) is 0 Å². The van der Waals surface area contributed by atoms with Gasteiger partial charge in [0.2, 0.25) is 0 Å². The van der Waals surface area contributed by atoms with Crippen molar-refractivity contribution in [2.45, 2.75) is 25.8 Å². The molecule has 1 aliphatic rings. The molecule has 6 nitrogen and oxygen atoms in total. The maximum absolute atomic E-state index is 12.3. The van der Waals surface area contributed by atoms with E-state index in [0.717, 1.165) is 6.42 Å². The Morgan fingerprint density at radius 3 is 2.62 bits per heavy atom. The second-order valence-corrected chi connectivity index (χ2v) is 5.01. The zero-order chi connectivity index (χ0) is 15.4. The molecule has 0 aliphatic carbocycles. The Balaban J connectivity index is 2.25. The first-order valence-corrected chi connectivity index (χ1v) is 6.94. The van der Waals surface area contributed by atoms with Crippen molar-refractivity contribution in [3.8, 4) is 0 Å². The molecule has 0 saturated heterocycles. The molecule has 6 heteroatoms. The Bertz CT molecular complexity index is 557. The lowest BCUT2D eigenvalue weighted by Crippen LogP contribution is -2.36. The van der Waals surface area contributed by atoms with Crippen LogP contribution >= 0.6 is 0 Å². The fourth-order valence-electron chi connectivity index (χ4n) is 2.31. The molecule has 0 spiro atoms. The van der Waals surface area contributed by atoms with E-state index in [2.05, 4.69) is 5.10 Å². The summed E-state index contributed by atoms with van der Waals surface area (Å²) in [5.74, 6) is -1.19. The van der Waals surface area contributed by atoms with Crippen molar-refractivity contribution in [2.75, 3.05) is 18.6 Å². The van der Waals surface area contributed by atoms with Gasteiger partial charge in [0.15, 0.2) is 6.04 Å². The number of carboxylic acids is 1. The van der Waals surface area contributed by atoms with E-state index in [9.17, 15) is 14.7 Å². The average Bonchev–Trinajstić information content (AvgIpc) is 2.93. The van der Waals surface area contributed by atoms with Gasteiger partial charge in [-0.1, -0.05) is 25.1 Å². The molecule has 0 fully saturated rings. The summed E-state index contributed by atoms with van der Waals surface area (Å²) in [4.78, 5) is 25.2. The molecule has 1 N–H and O–H groups in total. The third-order valence-electron chi connectivity index (χ3n) is 3.37. The SMILES string of the molecule is CCCN(C)C(=O)C1=NN(c2ccccc2)C(C(=O)O)C1. The number of anilines is 1. The summed E-state index contributed by atoms with van der Waals surface area (Å²) in [7, 11) is 1.70. The summed E-state index contributed by atoms with van der Waals surface area (Å²) in [5, 5.41) is 15.0. The molecule has 1 unspecified atom stereocenters. The van der Waals surface area contributed by atoms with Crippen molar-refractivity contribution in [2.24, 2.45) is 5.10 Å². The number of carbonyl (C=O) groups is 2. The Morgan fingerprint density at radius 1 is 1.38 bits per heavy atom. The molecule has 1 heterocycles. The highest BCUT2D eigenvalue weighted by Crippen LogP contribution is 2.25. The van der Waals surface area contributed by atoms with Crippen LogP contribution in [0.2, 0.25) is 0 Å². The van der Waals surface area contributed by atoms with Gasteiger partial charge in [-0.05, 0) is 18.6 Å². The Kier molecular flexibility index (Phi) is 4.57. The minimum Gasteiger partial charge on any atom is -0.480 e. The number of hydrogen-bond donors (Lipinski definition) is 1. The second-order valence-electron chi connectivity index (χ2n) is 5.01. The van der Waals surface area contributed by atoms with Crippen LogP contribution in [0.3, 0.4) is 0 Å². The molecular formula is C15H19N3O3. The molecule has 1 atom stereocenters. The molecule has 1 aromatic rings. The first kappa shape index (κ1) is 15.0. The van der Waals surface area contributed by atoms with Crippen molar-refractivity contribution in [3.63, 3.8) is 0 Å². The number of nitrogens with zero attached hydrogens (tertiary/aromatic N) is 3. The van der Waals surface area contributed by atoms with E-state index in [0.29, 0.717) is 17.9 Å². The standard InChI is InChI=1S/C15H19N3O3/c1-3-9-17(2)14(19)12-10-13(15(20)21)18(16-12)11-7-5-4-6-8-11/h4-8,13H,3,9-10H2,1-2H3,(H,20,21). The molecule has 21 heavy (non-hydrogen) atoms. The van der Waals surface area contributed by atoms with Crippen LogP contribution in [0.4, 0.5) is 5.69 Å². The van der Waals surface area contributed by atoms with E-state index in [4.69, 9.17) is 0 Å². The lowest BCUT2D eigenvalue weighted by molar-refractivity contribution is -0.138. The third-order valence-corrected chi connectivity index (χ3v) is 3.37. The third kappa shape index (κ3) is 3.21. The van der Waals surface area contributed by atoms with Crippen LogP contribution in [-0.2, 0) is 9.59 Å². The number of benzene rings is 1. The zero-order valence-electron chi connectivity index (χ0n) is 12.2. The van der Waals surface area contributed by atoms with Gasteiger partial charge in [-0.25, -0.2) is 4.79 Å². The molecule has 1 aliphatic heterocycles. The maximum atomic E-state index is 12.3. The highest BCUT2D eigenvalue weighted by Gasteiger charge is 2.36. The smallest absolute Gasteiger partial charge is 0.328 e. The minimum absolute atomic E-state index is 0.122. The number of hydrogen-bond acceptors (Lipinski definition) is 4. The summed E-state index contributed by atoms with van der Waals surface area (Å²) in [6.07, 6.45) is 0.970. The van der Waals surface area contributed by atoms with Gasteiger partial charge in [-0.2, -0.15) is 5.10 Å². The van der Waals surface area contributed by atoms with Gasteiger partial charge in [0.25, 0.3) is 5.91 Å². The summed E-state index contributed by atoms with van der Waals surface area (Å²) in [5.41, 5.74) is 0.966. The number of hydrazone groups is 1. The van der Waals surface area contributed by atoms with E-state index in [1.54, 1.807) is 24.1 Å². The van der Waals surface area contributed by atoms with Crippen molar-refractivity contribution in [1.82, 2.24) is 4.90 Å². The summed E-state index contributed by atoms with van der Waals surface area (Å²) < 4.78 is 0. The Hall–Kier alpha value is -2.37. The van der Waals surface area contributed by atoms with E-state index in [1.807, 2.05) is 25.1 Å². The largest absolute Gasteiger partial charge is 0.480 e. The molecule has 0 bridgehead atoms. The number of amides is 1. The van der Waals surface area contributed by atoms with Crippen molar-refractivity contribution in [3.05, 3.63) is 30.3 Å². The number of carbonyl (C=O) groups excluding carboxylic acids is 1. The highest BCUT2D eigenvalue weighted by molar-refractivity contribution is 6.40. The van der Waals surface area contributed by atoms with Gasteiger partial charge in [-0.3, -0.25) is 9.80 Å². The molecule has 1 amide bonds. The highest BCUT2D eigenvalue weighted by atomic mass is 16.4. The van der Waals surface area contributed by atoms with Gasteiger partial charge in [0.1, 0.15) is 5.71 Å². The van der Waals surface area contributed by atoms with Crippen LogP contribution in [0.1, 0.15) is 19.8 Å². The van der Waals surface area contributed by atoms with Crippen LogP contribution in [0.5, 0.6) is 0 Å². The van der Waals surface area contributed by atoms with Gasteiger partial charge in [0, 0.05) is 20.0 Å². The molecule has 1 aromatic carbocycles. The maximum Gasteiger partial charge on any atom is 0.328 e. The Labute approximate surface area is 123 Å². The van der Waals surface area contributed by atoms with Crippen molar-refractivity contribution < 1.29 is 14.7 Å².